The number of hydrogen-bond donors (Lipinski definition) is 0. The number of rotatable bonds is 1. The number of nitrogens with zero attached hydrogens (tertiary/aromatic N) is 1. The van der Waals surface area contributed by atoms with Crippen LogP contribution in [0, 0.1) is 22.2 Å². The molecule has 0 bridgehead atoms. The van der Waals surface area contributed by atoms with Crippen molar-refractivity contribution in [3.63, 3.8) is 0 Å². The highest BCUT2D eigenvalue weighted by Gasteiger charge is 2.29. The van der Waals surface area contributed by atoms with E-state index in [0.717, 1.165) is 11.3 Å². The molecule has 0 spiro atoms. The van der Waals surface area contributed by atoms with Gasteiger partial charge in [-0.05, 0) is 0 Å². The summed E-state index contributed by atoms with van der Waals surface area (Å²) in [5.41, 5.74) is 0.452. The second-order valence-electron chi connectivity index (χ2n) is 5.52. The zero-order valence-electron chi connectivity index (χ0n) is 10.4. The van der Waals surface area contributed by atoms with E-state index in [1.54, 1.807) is 7.11 Å². The Morgan fingerprint density at radius 2 is 1.43 bits per heavy atom. The fraction of sp³-hybridized carbons (Fsp3) is 0.750. The summed E-state index contributed by atoms with van der Waals surface area (Å²) in [6, 6.07) is 2.25. The molecule has 0 amide bonds. The Bertz CT molecular complexity index is 268. The van der Waals surface area contributed by atoms with Crippen LogP contribution in [0.4, 0.5) is 0 Å². The molecule has 14 heavy (non-hydrogen) atoms. The minimum absolute atomic E-state index is 0.118. The van der Waals surface area contributed by atoms with Gasteiger partial charge in [0.05, 0.1) is 18.8 Å². The van der Waals surface area contributed by atoms with Gasteiger partial charge in [-0.1, -0.05) is 41.5 Å². The van der Waals surface area contributed by atoms with Crippen molar-refractivity contribution in [1.82, 2.24) is 0 Å². The van der Waals surface area contributed by atoms with Crippen LogP contribution in [-0.2, 0) is 4.74 Å². The predicted molar refractivity (Wildman–Crippen MR) is 58.6 cm³/mol. The third-order valence-electron chi connectivity index (χ3n) is 1.97. The number of hydrogen-bond acceptors (Lipinski definition) is 2. The van der Waals surface area contributed by atoms with Gasteiger partial charge < -0.3 is 4.74 Å². The molecule has 2 nitrogen and oxygen atoms in total. The van der Waals surface area contributed by atoms with Gasteiger partial charge in [0.1, 0.15) is 5.76 Å². The molecular weight excluding hydrogens is 174 g/mol. The minimum Gasteiger partial charge on any atom is -0.499 e. The molecule has 0 aliphatic rings. The van der Waals surface area contributed by atoms with Crippen molar-refractivity contribution >= 4 is 0 Å². The summed E-state index contributed by atoms with van der Waals surface area (Å²) in [7, 11) is 1.63. The third-order valence-corrected chi connectivity index (χ3v) is 1.97. The van der Waals surface area contributed by atoms with E-state index in [4.69, 9.17) is 10.00 Å². The maximum Gasteiger partial charge on any atom is 0.115 e. The summed E-state index contributed by atoms with van der Waals surface area (Å²) in [5.74, 6) is 0.785. The van der Waals surface area contributed by atoms with Crippen molar-refractivity contribution in [2.24, 2.45) is 10.8 Å². The third kappa shape index (κ3) is 3.06. The Morgan fingerprint density at radius 3 is 1.50 bits per heavy atom. The molecule has 0 saturated carbocycles. The number of nitriles is 1. The summed E-state index contributed by atoms with van der Waals surface area (Å²) in [6.07, 6.45) is 0. The Labute approximate surface area is 87.6 Å². The summed E-state index contributed by atoms with van der Waals surface area (Å²) in [6.45, 7) is 12.2. The lowest BCUT2D eigenvalue weighted by atomic mass is 9.80. The number of allylic oxidation sites excluding steroid dienone is 2. The lowest BCUT2D eigenvalue weighted by molar-refractivity contribution is 0.195. The number of ether oxygens (including phenoxy) is 1. The fourth-order valence-corrected chi connectivity index (χ4v) is 1.34. The van der Waals surface area contributed by atoms with Crippen LogP contribution in [0.5, 0.6) is 0 Å². The monoisotopic (exact) mass is 195 g/mol. The van der Waals surface area contributed by atoms with E-state index in [1.165, 1.54) is 0 Å². The fourth-order valence-electron chi connectivity index (χ4n) is 1.34. The molecule has 0 aromatic rings. The molecule has 0 radical (unpaired) electrons. The predicted octanol–water partition coefficient (Wildman–Crippen LogP) is 3.50. The Hall–Kier alpha value is -0.970. The van der Waals surface area contributed by atoms with E-state index < -0.39 is 0 Å². The molecule has 0 fully saturated rings. The summed E-state index contributed by atoms with van der Waals surface area (Å²) in [5, 5.41) is 9.14. The van der Waals surface area contributed by atoms with Crippen molar-refractivity contribution in [3.8, 4) is 6.07 Å². The maximum absolute atomic E-state index is 9.14. The van der Waals surface area contributed by atoms with Gasteiger partial charge in [-0.25, -0.2) is 0 Å². The Balaban J connectivity index is 5.52. The smallest absolute Gasteiger partial charge is 0.115 e. The minimum atomic E-state index is -0.159. The van der Waals surface area contributed by atoms with Gasteiger partial charge in [0.2, 0.25) is 0 Å². The first-order valence-electron chi connectivity index (χ1n) is 4.84. The molecule has 0 N–H and O–H groups in total. The van der Waals surface area contributed by atoms with Gasteiger partial charge in [0.25, 0.3) is 0 Å². The standard InChI is InChI=1S/C12H21NO/c1-11(2,3)9(8-13)10(14-7)12(4,5)6/h1-7H3/b10-9-. The maximum atomic E-state index is 9.14. The molecule has 2 heteroatoms. The first-order chi connectivity index (χ1) is 6.14. The van der Waals surface area contributed by atoms with Crippen LogP contribution >= 0.6 is 0 Å². The van der Waals surface area contributed by atoms with E-state index in [2.05, 4.69) is 26.8 Å². The first kappa shape index (κ1) is 13.0. The van der Waals surface area contributed by atoms with E-state index in [-0.39, 0.29) is 10.8 Å². The second-order valence-corrected chi connectivity index (χ2v) is 5.52. The van der Waals surface area contributed by atoms with Crippen molar-refractivity contribution in [2.45, 2.75) is 41.5 Å². The van der Waals surface area contributed by atoms with Crippen LogP contribution in [-0.4, -0.2) is 7.11 Å². The van der Waals surface area contributed by atoms with Crippen molar-refractivity contribution in [3.05, 3.63) is 11.3 Å². The van der Waals surface area contributed by atoms with Crippen LogP contribution in [0.15, 0.2) is 11.3 Å². The normalized spacial score (nSPS) is 14.4. The quantitative estimate of drug-likeness (QED) is 0.474. The van der Waals surface area contributed by atoms with Crippen LogP contribution in [0.25, 0.3) is 0 Å². The summed E-state index contributed by atoms with van der Waals surface area (Å²) in [4.78, 5) is 0. The Kier molecular flexibility index (Phi) is 3.76. The highest BCUT2D eigenvalue weighted by atomic mass is 16.5. The molecule has 0 aromatic carbocycles. The number of methoxy groups -OCH3 is 1. The average molecular weight is 195 g/mol. The van der Waals surface area contributed by atoms with Crippen LogP contribution in [0.1, 0.15) is 41.5 Å². The van der Waals surface area contributed by atoms with Crippen LogP contribution < -0.4 is 0 Å². The highest BCUT2D eigenvalue weighted by Crippen LogP contribution is 2.36. The summed E-state index contributed by atoms with van der Waals surface area (Å²) >= 11 is 0. The van der Waals surface area contributed by atoms with E-state index in [0.29, 0.717) is 0 Å². The van der Waals surface area contributed by atoms with Crippen LogP contribution in [0.3, 0.4) is 0 Å². The SMILES string of the molecule is CO/C(=C(/C#N)C(C)(C)C)C(C)(C)C. The molecule has 0 atom stereocenters. The zero-order valence-corrected chi connectivity index (χ0v) is 10.4. The zero-order chi connectivity index (χ0) is 11.6. The molecule has 0 rings (SSSR count). The molecule has 0 aliphatic carbocycles. The molecule has 0 saturated heterocycles. The molecule has 0 heterocycles. The first-order valence-corrected chi connectivity index (χ1v) is 4.84. The van der Waals surface area contributed by atoms with Crippen molar-refractivity contribution in [2.75, 3.05) is 7.11 Å². The molecular formula is C12H21NO. The highest BCUT2D eigenvalue weighted by molar-refractivity contribution is 5.32. The van der Waals surface area contributed by atoms with Gasteiger partial charge in [-0.15, -0.1) is 0 Å². The van der Waals surface area contributed by atoms with Crippen molar-refractivity contribution in [1.29, 1.82) is 5.26 Å². The molecule has 0 aromatic heterocycles. The largest absolute Gasteiger partial charge is 0.499 e. The Morgan fingerprint density at radius 1 is 1.00 bits per heavy atom. The van der Waals surface area contributed by atoms with Gasteiger partial charge in [0, 0.05) is 10.8 Å². The van der Waals surface area contributed by atoms with Crippen LogP contribution in [0.2, 0.25) is 0 Å². The molecule has 80 valence electrons. The van der Waals surface area contributed by atoms with E-state index >= 15 is 0 Å². The molecule has 0 unspecified atom stereocenters. The van der Waals surface area contributed by atoms with Crippen molar-refractivity contribution < 1.29 is 4.74 Å². The van der Waals surface area contributed by atoms with Gasteiger partial charge in [-0.2, -0.15) is 5.26 Å². The topological polar surface area (TPSA) is 33.0 Å². The van der Waals surface area contributed by atoms with Gasteiger partial charge in [0.15, 0.2) is 0 Å². The van der Waals surface area contributed by atoms with E-state index in [9.17, 15) is 0 Å². The van der Waals surface area contributed by atoms with Gasteiger partial charge >= 0.3 is 0 Å². The second kappa shape index (κ2) is 4.04. The van der Waals surface area contributed by atoms with E-state index in [1.807, 2.05) is 20.8 Å². The molecule has 0 aliphatic heterocycles. The van der Waals surface area contributed by atoms with Gasteiger partial charge in [-0.3, -0.25) is 0 Å². The lowest BCUT2D eigenvalue weighted by Gasteiger charge is -2.28. The average Bonchev–Trinajstić information content (AvgIpc) is 1.94. The lowest BCUT2D eigenvalue weighted by Crippen LogP contribution is -2.20. The summed E-state index contributed by atoms with van der Waals surface area (Å²) < 4.78 is 5.35.